The van der Waals surface area contributed by atoms with Crippen LogP contribution >= 0.6 is 0 Å². The molecule has 2 fully saturated rings. The van der Waals surface area contributed by atoms with E-state index in [0.717, 1.165) is 43.9 Å². The van der Waals surface area contributed by atoms with Crippen molar-refractivity contribution in [2.75, 3.05) is 6.54 Å². The lowest BCUT2D eigenvalue weighted by molar-refractivity contribution is 0.231. The van der Waals surface area contributed by atoms with E-state index in [9.17, 15) is 4.39 Å². The summed E-state index contributed by atoms with van der Waals surface area (Å²) in [4.78, 5) is 6.73. The highest BCUT2D eigenvalue weighted by atomic mass is 19.1. The van der Waals surface area contributed by atoms with Crippen LogP contribution in [0.2, 0.25) is 0 Å². The van der Waals surface area contributed by atoms with E-state index in [4.69, 9.17) is 9.78 Å². The zero-order valence-electron chi connectivity index (χ0n) is 12.7. The van der Waals surface area contributed by atoms with Crippen LogP contribution in [0.15, 0.2) is 22.7 Å². The van der Waals surface area contributed by atoms with E-state index < -0.39 is 0 Å². The third kappa shape index (κ3) is 2.84. The molecule has 23 heavy (non-hydrogen) atoms. The second kappa shape index (κ2) is 5.74. The van der Waals surface area contributed by atoms with E-state index in [1.54, 1.807) is 12.1 Å². The zero-order chi connectivity index (χ0) is 15.8. The van der Waals surface area contributed by atoms with Crippen LogP contribution in [0.1, 0.15) is 60.5 Å². The van der Waals surface area contributed by atoms with Gasteiger partial charge in [-0.3, -0.25) is 4.90 Å². The largest absolute Gasteiger partial charge is 0.339 e. The van der Waals surface area contributed by atoms with Crippen molar-refractivity contribution in [2.24, 2.45) is 0 Å². The number of benzene rings is 1. The van der Waals surface area contributed by atoms with E-state index in [0.29, 0.717) is 23.6 Å². The Morgan fingerprint density at radius 3 is 2.96 bits per heavy atom. The van der Waals surface area contributed by atoms with Gasteiger partial charge in [0.05, 0.1) is 17.7 Å². The lowest BCUT2D eigenvalue weighted by atomic mass is 10.1. The first-order chi connectivity index (χ1) is 11.2. The SMILES string of the molecule is N#Cc1ccc(CN2CCC[C@H]2c2noc(C3CC3)n2)c(F)c1. The van der Waals surface area contributed by atoms with Crippen LogP contribution in [-0.2, 0) is 6.54 Å². The lowest BCUT2D eigenvalue weighted by Gasteiger charge is -2.22. The molecule has 1 aliphatic carbocycles. The standard InChI is InChI=1S/C17H17FN4O/c18-14-8-11(9-19)3-4-13(14)10-22-7-1-2-15(22)16-20-17(23-21-16)12-5-6-12/h3-4,8,12,15H,1-2,5-7,10H2/t15-/m0/s1. The van der Waals surface area contributed by atoms with Gasteiger partial charge >= 0.3 is 0 Å². The summed E-state index contributed by atoms with van der Waals surface area (Å²) >= 11 is 0. The van der Waals surface area contributed by atoms with E-state index in [1.807, 2.05) is 6.07 Å². The molecular weight excluding hydrogens is 295 g/mol. The molecule has 2 aliphatic rings. The van der Waals surface area contributed by atoms with E-state index >= 15 is 0 Å². The molecule has 1 aliphatic heterocycles. The molecule has 0 bridgehead atoms. The summed E-state index contributed by atoms with van der Waals surface area (Å²) in [5.74, 6) is 1.58. The van der Waals surface area contributed by atoms with E-state index in [-0.39, 0.29) is 11.9 Å². The van der Waals surface area contributed by atoms with Crippen LogP contribution in [-0.4, -0.2) is 21.6 Å². The van der Waals surface area contributed by atoms with Crippen molar-refractivity contribution in [2.45, 2.75) is 44.2 Å². The van der Waals surface area contributed by atoms with Crippen LogP contribution in [0.25, 0.3) is 0 Å². The van der Waals surface area contributed by atoms with Gasteiger partial charge in [-0.1, -0.05) is 11.2 Å². The summed E-state index contributed by atoms with van der Waals surface area (Å²) in [5.41, 5.74) is 0.943. The molecule has 1 atom stereocenters. The quantitative estimate of drug-likeness (QED) is 0.866. The predicted octanol–water partition coefficient (Wildman–Crippen LogP) is 3.29. The maximum absolute atomic E-state index is 14.1. The predicted molar refractivity (Wildman–Crippen MR) is 79.8 cm³/mol. The number of halogens is 1. The molecule has 2 aromatic rings. The first kappa shape index (κ1) is 14.3. The molecule has 1 saturated heterocycles. The average Bonchev–Trinajstić information content (AvgIpc) is 3.11. The molecule has 1 aromatic heterocycles. The Morgan fingerprint density at radius 1 is 1.35 bits per heavy atom. The van der Waals surface area contributed by atoms with Gasteiger partial charge in [0.1, 0.15) is 5.82 Å². The smallest absolute Gasteiger partial charge is 0.229 e. The molecular formula is C17H17FN4O. The molecule has 1 saturated carbocycles. The van der Waals surface area contributed by atoms with Crippen LogP contribution < -0.4 is 0 Å². The third-order valence-corrected chi connectivity index (χ3v) is 4.60. The number of nitrogens with zero attached hydrogens (tertiary/aromatic N) is 4. The van der Waals surface area contributed by atoms with Gasteiger partial charge in [0.2, 0.25) is 5.89 Å². The fraction of sp³-hybridized carbons (Fsp3) is 0.471. The van der Waals surface area contributed by atoms with Crippen molar-refractivity contribution in [3.63, 3.8) is 0 Å². The molecule has 0 unspecified atom stereocenters. The Morgan fingerprint density at radius 2 is 2.22 bits per heavy atom. The van der Waals surface area contributed by atoms with Crippen molar-refractivity contribution < 1.29 is 8.91 Å². The normalized spacial score (nSPS) is 21.5. The minimum Gasteiger partial charge on any atom is -0.339 e. The van der Waals surface area contributed by atoms with Gasteiger partial charge in [-0.05, 0) is 44.4 Å². The fourth-order valence-electron chi connectivity index (χ4n) is 3.15. The Hall–Kier alpha value is -2.26. The van der Waals surface area contributed by atoms with Crippen molar-refractivity contribution in [1.82, 2.24) is 15.0 Å². The Balaban J connectivity index is 1.52. The zero-order valence-corrected chi connectivity index (χ0v) is 12.7. The first-order valence-corrected chi connectivity index (χ1v) is 8.00. The molecule has 118 valence electrons. The summed E-state index contributed by atoms with van der Waals surface area (Å²) in [5, 5.41) is 13.0. The topological polar surface area (TPSA) is 66.0 Å². The lowest BCUT2D eigenvalue weighted by Crippen LogP contribution is -2.24. The number of aromatic nitrogens is 2. The van der Waals surface area contributed by atoms with Gasteiger partial charge in [0, 0.05) is 18.0 Å². The molecule has 0 amide bonds. The molecule has 6 heteroatoms. The molecule has 0 radical (unpaired) electrons. The molecule has 0 spiro atoms. The Bertz CT molecular complexity index is 762. The average molecular weight is 312 g/mol. The van der Waals surface area contributed by atoms with Gasteiger partial charge in [-0.15, -0.1) is 0 Å². The molecule has 2 heterocycles. The highest BCUT2D eigenvalue weighted by molar-refractivity contribution is 5.33. The number of nitriles is 1. The minimum absolute atomic E-state index is 0.0845. The van der Waals surface area contributed by atoms with E-state index in [1.165, 1.54) is 6.07 Å². The number of hydrogen-bond acceptors (Lipinski definition) is 5. The van der Waals surface area contributed by atoms with Gasteiger partial charge in [-0.2, -0.15) is 10.2 Å². The van der Waals surface area contributed by atoms with Crippen LogP contribution in [0.3, 0.4) is 0 Å². The number of hydrogen-bond donors (Lipinski definition) is 0. The first-order valence-electron chi connectivity index (χ1n) is 8.00. The monoisotopic (exact) mass is 312 g/mol. The van der Waals surface area contributed by atoms with Crippen molar-refractivity contribution in [3.05, 3.63) is 46.9 Å². The molecule has 0 N–H and O–H groups in total. The molecule has 4 rings (SSSR count). The van der Waals surface area contributed by atoms with Crippen LogP contribution in [0.5, 0.6) is 0 Å². The second-order valence-corrected chi connectivity index (χ2v) is 6.31. The summed E-state index contributed by atoms with van der Waals surface area (Å²) in [6.07, 6.45) is 4.26. The summed E-state index contributed by atoms with van der Waals surface area (Å²) < 4.78 is 19.5. The van der Waals surface area contributed by atoms with Gasteiger partial charge in [0.25, 0.3) is 0 Å². The van der Waals surface area contributed by atoms with Crippen molar-refractivity contribution >= 4 is 0 Å². The number of likely N-dealkylation sites (tertiary alicyclic amines) is 1. The number of rotatable bonds is 4. The Labute approximate surface area is 133 Å². The minimum atomic E-state index is -0.332. The highest BCUT2D eigenvalue weighted by Crippen LogP contribution is 2.40. The van der Waals surface area contributed by atoms with Crippen LogP contribution in [0.4, 0.5) is 4.39 Å². The molecule has 5 nitrogen and oxygen atoms in total. The van der Waals surface area contributed by atoms with E-state index in [2.05, 4.69) is 15.0 Å². The fourth-order valence-corrected chi connectivity index (χ4v) is 3.15. The third-order valence-electron chi connectivity index (χ3n) is 4.60. The van der Waals surface area contributed by atoms with Gasteiger partial charge in [-0.25, -0.2) is 4.39 Å². The summed E-state index contributed by atoms with van der Waals surface area (Å²) in [6, 6.07) is 6.68. The van der Waals surface area contributed by atoms with Gasteiger partial charge < -0.3 is 4.52 Å². The maximum atomic E-state index is 14.1. The summed E-state index contributed by atoms with van der Waals surface area (Å²) in [7, 11) is 0. The highest BCUT2D eigenvalue weighted by Gasteiger charge is 2.34. The summed E-state index contributed by atoms with van der Waals surface area (Å²) in [6.45, 7) is 1.38. The van der Waals surface area contributed by atoms with Gasteiger partial charge in [0.15, 0.2) is 5.82 Å². The van der Waals surface area contributed by atoms with Crippen molar-refractivity contribution in [1.29, 1.82) is 5.26 Å². The molecule has 1 aromatic carbocycles. The van der Waals surface area contributed by atoms with Crippen molar-refractivity contribution in [3.8, 4) is 6.07 Å². The van der Waals surface area contributed by atoms with Crippen LogP contribution in [0, 0.1) is 17.1 Å². The maximum Gasteiger partial charge on any atom is 0.229 e. The Kier molecular flexibility index (Phi) is 3.58. The second-order valence-electron chi connectivity index (χ2n) is 6.31.